The molecule has 10 heteroatoms. The summed E-state index contributed by atoms with van der Waals surface area (Å²) in [5.74, 6) is -1.84. The highest BCUT2D eigenvalue weighted by molar-refractivity contribution is 7.88. The molecule has 0 spiro atoms. The van der Waals surface area contributed by atoms with Crippen LogP contribution in [-0.4, -0.2) is 26.0 Å². The van der Waals surface area contributed by atoms with Crippen molar-refractivity contribution in [1.29, 1.82) is 0 Å². The van der Waals surface area contributed by atoms with E-state index in [1.807, 2.05) is 5.32 Å². The molecule has 1 amide bonds. The summed E-state index contributed by atoms with van der Waals surface area (Å²) >= 11 is 0. The van der Waals surface area contributed by atoms with E-state index in [1.54, 1.807) is 0 Å². The summed E-state index contributed by atoms with van der Waals surface area (Å²) in [6.07, 6.45) is -4.90. The Morgan fingerprint density at radius 2 is 1.71 bits per heavy atom. The second-order valence-corrected chi connectivity index (χ2v) is 6.27. The molecule has 6 nitrogen and oxygen atoms in total. The van der Waals surface area contributed by atoms with Gasteiger partial charge in [0.15, 0.2) is 5.54 Å². The number of hydrogen-bond acceptors (Lipinski definition) is 4. The van der Waals surface area contributed by atoms with Crippen molar-refractivity contribution < 1.29 is 26.4 Å². The molecule has 1 unspecified atom stereocenters. The summed E-state index contributed by atoms with van der Waals surface area (Å²) in [5.41, 5.74) is 2.32. The molecule has 1 atom stereocenters. The van der Waals surface area contributed by atoms with Crippen LogP contribution in [0.1, 0.15) is 12.5 Å². The van der Waals surface area contributed by atoms with Gasteiger partial charge in [-0.25, -0.2) is 13.6 Å². The van der Waals surface area contributed by atoms with Crippen molar-refractivity contribution in [3.8, 4) is 0 Å². The molecule has 1 aromatic rings. The predicted molar refractivity (Wildman–Crippen MR) is 70.5 cm³/mol. The Balaban J connectivity index is 2.84. The average molecular weight is 325 g/mol. The van der Waals surface area contributed by atoms with Gasteiger partial charge in [0.05, 0.1) is 5.75 Å². The van der Waals surface area contributed by atoms with Crippen molar-refractivity contribution >= 4 is 21.6 Å². The summed E-state index contributed by atoms with van der Waals surface area (Å²) in [4.78, 5) is 11.5. The van der Waals surface area contributed by atoms with E-state index in [0.717, 1.165) is 0 Å². The van der Waals surface area contributed by atoms with Crippen LogP contribution in [0.3, 0.4) is 0 Å². The molecule has 5 N–H and O–H groups in total. The lowest BCUT2D eigenvalue weighted by molar-refractivity contribution is -0.184. The molecule has 0 aliphatic rings. The molecule has 1 aromatic carbocycles. The topological polar surface area (TPSA) is 115 Å². The van der Waals surface area contributed by atoms with Crippen LogP contribution in [0.4, 0.5) is 18.9 Å². The van der Waals surface area contributed by atoms with Crippen LogP contribution >= 0.6 is 0 Å². The predicted octanol–water partition coefficient (Wildman–Crippen LogP) is 0.693. The Hall–Kier alpha value is -1.65. The van der Waals surface area contributed by atoms with E-state index < -0.39 is 33.4 Å². The van der Waals surface area contributed by atoms with Crippen LogP contribution in [-0.2, 0) is 20.6 Å². The van der Waals surface area contributed by atoms with Crippen LogP contribution in [0.5, 0.6) is 0 Å². The van der Waals surface area contributed by atoms with E-state index in [4.69, 9.17) is 10.9 Å². The van der Waals surface area contributed by atoms with Gasteiger partial charge in [0.25, 0.3) is 5.91 Å². The molecule has 0 fully saturated rings. The number of alkyl halides is 3. The third-order valence-electron chi connectivity index (χ3n) is 2.64. The fourth-order valence-electron chi connectivity index (χ4n) is 1.31. The Labute approximate surface area is 119 Å². The first-order chi connectivity index (χ1) is 9.33. The molecule has 0 heterocycles. The van der Waals surface area contributed by atoms with Crippen molar-refractivity contribution in [2.24, 2.45) is 10.9 Å². The zero-order chi connectivity index (χ0) is 16.5. The van der Waals surface area contributed by atoms with Crippen molar-refractivity contribution in [2.45, 2.75) is 24.4 Å². The number of carbonyl (C=O) groups excluding carboxylic acids is 1. The molecule has 118 valence electrons. The number of rotatable bonds is 4. The van der Waals surface area contributed by atoms with E-state index in [9.17, 15) is 26.4 Å². The van der Waals surface area contributed by atoms with E-state index in [-0.39, 0.29) is 5.69 Å². The van der Waals surface area contributed by atoms with Gasteiger partial charge in [0.2, 0.25) is 10.0 Å². The highest BCUT2D eigenvalue weighted by Crippen LogP contribution is 2.29. The first kappa shape index (κ1) is 17.4. The fraction of sp³-hybridized carbons (Fsp3) is 0.364. The molecular formula is C11H14F3N3O3S. The molecule has 0 aliphatic heterocycles. The van der Waals surface area contributed by atoms with Crippen molar-refractivity contribution in [3.05, 3.63) is 29.8 Å². The highest BCUT2D eigenvalue weighted by atomic mass is 32.2. The minimum absolute atomic E-state index is 0.0547. The van der Waals surface area contributed by atoms with Gasteiger partial charge in [-0.2, -0.15) is 13.2 Å². The van der Waals surface area contributed by atoms with E-state index in [1.165, 1.54) is 24.3 Å². The molecule has 0 radical (unpaired) electrons. The maximum Gasteiger partial charge on any atom is 0.415 e. The smallest absolute Gasteiger partial charge is 0.324 e. The molecule has 21 heavy (non-hydrogen) atoms. The number of primary sulfonamides is 1. The van der Waals surface area contributed by atoms with Crippen molar-refractivity contribution in [2.75, 3.05) is 5.32 Å². The highest BCUT2D eigenvalue weighted by Gasteiger charge is 2.53. The van der Waals surface area contributed by atoms with Gasteiger partial charge in [-0.1, -0.05) is 12.1 Å². The van der Waals surface area contributed by atoms with E-state index >= 15 is 0 Å². The number of amides is 1. The summed E-state index contributed by atoms with van der Waals surface area (Å²) in [6.45, 7) is 0.553. The van der Waals surface area contributed by atoms with Crippen LogP contribution in [0.2, 0.25) is 0 Å². The summed E-state index contributed by atoms with van der Waals surface area (Å²) in [7, 11) is -3.71. The van der Waals surface area contributed by atoms with Crippen LogP contribution in [0.15, 0.2) is 24.3 Å². The second-order valence-electron chi connectivity index (χ2n) is 4.66. The zero-order valence-electron chi connectivity index (χ0n) is 10.9. The van der Waals surface area contributed by atoms with Crippen molar-refractivity contribution in [3.63, 3.8) is 0 Å². The van der Waals surface area contributed by atoms with Gasteiger partial charge in [-0.05, 0) is 24.6 Å². The summed E-state index contributed by atoms with van der Waals surface area (Å²) < 4.78 is 59.5. The van der Waals surface area contributed by atoms with Crippen LogP contribution in [0, 0.1) is 0 Å². The van der Waals surface area contributed by atoms with Gasteiger partial charge in [0.1, 0.15) is 0 Å². The Morgan fingerprint density at radius 1 is 1.24 bits per heavy atom. The monoisotopic (exact) mass is 325 g/mol. The number of benzene rings is 1. The minimum atomic E-state index is -4.90. The number of nitrogens with one attached hydrogen (secondary N) is 1. The van der Waals surface area contributed by atoms with Gasteiger partial charge < -0.3 is 11.1 Å². The largest absolute Gasteiger partial charge is 0.415 e. The van der Waals surface area contributed by atoms with E-state index in [2.05, 4.69) is 0 Å². The van der Waals surface area contributed by atoms with Crippen LogP contribution in [0.25, 0.3) is 0 Å². The molecule has 0 saturated carbocycles. The van der Waals surface area contributed by atoms with Gasteiger partial charge in [-0.15, -0.1) is 0 Å². The first-order valence-corrected chi connectivity index (χ1v) is 7.31. The first-order valence-electron chi connectivity index (χ1n) is 5.59. The molecule has 0 aliphatic carbocycles. The molecule has 0 bridgehead atoms. The summed E-state index contributed by atoms with van der Waals surface area (Å²) in [6, 6.07) is 5.15. The summed E-state index contributed by atoms with van der Waals surface area (Å²) in [5, 5.41) is 6.87. The lowest BCUT2D eigenvalue weighted by atomic mass is 10.0. The number of sulfonamides is 1. The third kappa shape index (κ3) is 4.69. The van der Waals surface area contributed by atoms with E-state index in [0.29, 0.717) is 12.5 Å². The standard InChI is InChI=1S/C11H14F3N3O3S/c1-10(15,11(12,13)14)9(18)17-8-4-2-7(3-5-8)6-21(16,19)20/h2-5H,6,15H2,1H3,(H,17,18)(H2,16,19,20). The maximum atomic E-state index is 12.6. The lowest BCUT2D eigenvalue weighted by Crippen LogP contribution is -2.59. The Kier molecular flexibility index (Phi) is 4.66. The number of halogens is 3. The van der Waals surface area contributed by atoms with Crippen molar-refractivity contribution in [1.82, 2.24) is 0 Å². The Morgan fingerprint density at radius 3 is 2.10 bits per heavy atom. The average Bonchev–Trinajstić information content (AvgIpc) is 2.28. The maximum absolute atomic E-state index is 12.6. The molecule has 1 rings (SSSR count). The lowest BCUT2D eigenvalue weighted by Gasteiger charge is -2.26. The van der Waals surface area contributed by atoms with Gasteiger partial charge in [0, 0.05) is 5.69 Å². The second kappa shape index (κ2) is 5.62. The number of carbonyl (C=O) groups is 1. The molecule has 0 saturated heterocycles. The molecular weight excluding hydrogens is 311 g/mol. The third-order valence-corrected chi connectivity index (χ3v) is 3.38. The number of nitrogens with two attached hydrogens (primary N) is 2. The number of anilines is 1. The van der Waals surface area contributed by atoms with Crippen LogP contribution < -0.4 is 16.2 Å². The van der Waals surface area contributed by atoms with Gasteiger partial charge in [-0.3, -0.25) is 4.79 Å². The zero-order valence-corrected chi connectivity index (χ0v) is 11.8. The SMILES string of the molecule is CC(N)(C(=O)Nc1ccc(CS(N)(=O)=O)cc1)C(F)(F)F. The Bertz CT molecular complexity index is 624. The quantitative estimate of drug-likeness (QED) is 0.755. The molecule has 0 aromatic heterocycles. The minimum Gasteiger partial charge on any atom is -0.324 e. The van der Waals surface area contributed by atoms with Gasteiger partial charge >= 0.3 is 6.18 Å². The fourth-order valence-corrected chi connectivity index (χ4v) is 1.96. The number of hydrogen-bond donors (Lipinski definition) is 3. The normalized spacial score (nSPS) is 15.3.